The van der Waals surface area contributed by atoms with Crippen LogP contribution in [0.25, 0.3) is 0 Å². The van der Waals surface area contributed by atoms with Gasteiger partial charge in [0.05, 0.1) is 0 Å². The fourth-order valence-electron chi connectivity index (χ4n) is 2.28. The number of aromatic nitrogens is 2. The van der Waals surface area contributed by atoms with Crippen molar-refractivity contribution in [2.24, 2.45) is 0 Å². The first-order valence-corrected chi connectivity index (χ1v) is 8.24. The summed E-state index contributed by atoms with van der Waals surface area (Å²) in [5, 5.41) is 6.42. The van der Waals surface area contributed by atoms with Gasteiger partial charge in [-0.05, 0) is 50.5 Å². The number of aryl methyl sites for hydroxylation is 2. The number of hydrogen-bond acceptors (Lipinski definition) is 4. The van der Waals surface area contributed by atoms with Gasteiger partial charge >= 0.3 is 6.18 Å². The van der Waals surface area contributed by atoms with Crippen molar-refractivity contribution in [1.82, 2.24) is 9.97 Å². The second-order valence-corrected chi connectivity index (χ2v) is 6.39. The molecule has 2 rings (SSSR count). The van der Waals surface area contributed by atoms with Crippen LogP contribution in [0.2, 0.25) is 5.02 Å². The zero-order valence-corrected chi connectivity index (χ0v) is 15.2. The number of anilines is 3. The molecule has 2 aromatic rings. The summed E-state index contributed by atoms with van der Waals surface area (Å²) in [5.41, 5.74) is 1.30. The fraction of sp³-hybridized carbons (Fsp3) is 0.412. The lowest BCUT2D eigenvalue weighted by Crippen LogP contribution is -2.19. The largest absolute Gasteiger partial charge is 0.433 e. The predicted octanol–water partition coefficient (Wildman–Crippen LogP) is 5.72. The molecule has 1 heterocycles. The predicted molar refractivity (Wildman–Crippen MR) is 94.6 cm³/mol. The van der Waals surface area contributed by atoms with Crippen molar-refractivity contribution in [1.29, 1.82) is 0 Å². The van der Waals surface area contributed by atoms with Crippen molar-refractivity contribution in [3.05, 3.63) is 40.0 Å². The summed E-state index contributed by atoms with van der Waals surface area (Å²) >= 11 is 6.00. The molecule has 1 aromatic carbocycles. The lowest BCUT2D eigenvalue weighted by molar-refractivity contribution is -0.141. The Morgan fingerprint density at radius 2 is 1.72 bits per heavy atom. The maximum Gasteiger partial charge on any atom is 0.433 e. The Bertz CT molecular complexity index is 739. The fourth-order valence-corrected chi connectivity index (χ4v) is 2.61. The van der Waals surface area contributed by atoms with Crippen molar-refractivity contribution in [3.8, 4) is 0 Å². The first kappa shape index (κ1) is 19.3. The molecule has 1 aromatic heterocycles. The summed E-state index contributed by atoms with van der Waals surface area (Å²) < 4.78 is 39.5. The van der Waals surface area contributed by atoms with E-state index < -0.39 is 11.9 Å². The van der Waals surface area contributed by atoms with Gasteiger partial charge in [-0.2, -0.15) is 18.2 Å². The van der Waals surface area contributed by atoms with Crippen molar-refractivity contribution in [3.63, 3.8) is 0 Å². The average Bonchev–Trinajstić information content (AvgIpc) is 2.49. The molecule has 0 saturated heterocycles. The van der Waals surface area contributed by atoms with Gasteiger partial charge in [0.25, 0.3) is 0 Å². The van der Waals surface area contributed by atoms with Crippen molar-refractivity contribution in [2.45, 2.75) is 46.3 Å². The van der Waals surface area contributed by atoms with Gasteiger partial charge in [0.1, 0.15) is 5.82 Å². The maximum atomic E-state index is 13.2. The lowest BCUT2D eigenvalue weighted by Gasteiger charge is -2.17. The molecule has 136 valence electrons. The van der Waals surface area contributed by atoms with E-state index in [0.717, 1.165) is 23.6 Å². The maximum absolute atomic E-state index is 13.2. The second kappa shape index (κ2) is 7.47. The SMILES string of the molecule is CC[C@H](C)Nc1nc(Nc2c(C)cc(Cl)cc2C)cc(C(F)(F)F)n1. The summed E-state index contributed by atoms with van der Waals surface area (Å²) in [7, 11) is 0. The Hall–Kier alpha value is -2.02. The zero-order chi connectivity index (χ0) is 18.8. The first-order valence-electron chi connectivity index (χ1n) is 7.86. The third-order valence-electron chi connectivity index (χ3n) is 3.75. The van der Waals surface area contributed by atoms with Gasteiger partial charge in [-0.15, -0.1) is 0 Å². The summed E-state index contributed by atoms with van der Waals surface area (Å²) in [4.78, 5) is 7.75. The number of hydrogen-bond donors (Lipinski definition) is 2. The Labute approximate surface area is 149 Å². The van der Waals surface area contributed by atoms with Gasteiger partial charge in [0, 0.05) is 22.8 Å². The second-order valence-electron chi connectivity index (χ2n) is 5.95. The van der Waals surface area contributed by atoms with Crippen molar-refractivity contribution >= 4 is 29.1 Å². The molecule has 4 nitrogen and oxygen atoms in total. The van der Waals surface area contributed by atoms with Gasteiger partial charge in [0.2, 0.25) is 5.95 Å². The van der Waals surface area contributed by atoms with Crippen LogP contribution in [0.15, 0.2) is 18.2 Å². The normalized spacial score (nSPS) is 12.8. The molecule has 8 heteroatoms. The molecule has 0 bridgehead atoms. The molecule has 0 amide bonds. The van der Waals surface area contributed by atoms with Gasteiger partial charge in [-0.3, -0.25) is 0 Å². The Morgan fingerprint density at radius 3 is 2.24 bits per heavy atom. The smallest absolute Gasteiger partial charge is 0.352 e. The topological polar surface area (TPSA) is 49.8 Å². The van der Waals surface area contributed by atoms with Gasteiger partial charge in [0.15, 0.2) is 5.69 Å². The van der Waals surface area contributed by atoms with Crippen molar-refractivity contribution < 1.29 is 13.2 Å². The third kappa shape index (κ3) is 4.98. The van der Waals surface area contributed by atoms with Crippen LogP contribution in [0.3, 0.4) is 0 Å². The molecule has 0 aliphatic rings. The molecule has 0 saturated carbocycles. The van der Waals surface area contributed by atoms with Crippen LogP contribution in [0.1, 0.15) is 37.1 Å². The van der Waals surface area contributed by atoms with Crippen LogP contribution >= 0.6 is 11.6 Å². The van der Waals surface area contributed by atoms with E-state index in [-0.39, 0.29) is 17.8 Å². The van der Waals surface area contributed by atoms with E-state index in [2.05, 4.69) is 20.6 Å². The first-order chi connectivity index (χ1) is 11.6. The summed E-state index contributed by atoms with van der Waals surface area (Å²) in [5.74, 6) is 0.0117. The molecular formula is C17H20ClF3N4. The minimum atomic E-state index is -4.56. The van der Waals surface area contributed by atoms with Crippen LogP contribution in [0.5, 0.6) is 0 Å². The molecule has 0 fully saturated rings. The Morgan fingerprint density at radius 1 is 1.12 bits per heavy atom. The number of halogens is 4. The standard InChI is InChI=1S/C17H20ClF3N4/c1-5-11(4)22-16-23-13(17(19,20)21)8-14(25-16)24-15-9(2)6-12(18)7-10(15)3/h6-8,11H,5H2,1-4H3,(H2,22,23,24,25)/t11-/m0/s1. The summed E-state index contributed by atoms with van der Waals surface area (Å²) in [6.07, 6.45) is -3.83. The van der Waals surface area contributed by atoms with Crippen LogP contribution < -0.4 is 10.6 Å². The van der Waals surface area contributed by atoms with Gasteiger partial charge in [-0.1, -0.05) is 18.5 Å². The molecule has 0 aliphatic heterocycles. The van der Waals surface area contributed by atoms with Crippen LogP contribution in [-0.2, 0) is 6.18 Å². The minimum absolute atomic E-state index is 0.0460. The number of benzene rings is 1. The van der Waals surface area contributed by atoms with Gasteiger partial charge < -0.3 is 10.6 Å². The van der Waals surface area contributed by atoms with E-state index in [4.69, 9.17) is 11.6 Å². The number of nitrogens with zero attached hydrogens (tertiary/aromatic N) is 2. The van der Waals surface area contributed by atoms with E-state index in [1.54, 1.807) is 12.1 Å². The third-order valence-corrected chi connectivity index (χ3v) is 3.97. The molecule has 0 radical (unpaired) electrons. The summed E-state index contributed by atoms with van der Waals surface area (Å²) in [6, 6.07) is 4.33. The van der Waals surface area contributed by atoms with Crippen molar-refractivity contribution in [2.75, 3.05) is 10.6 Å². The molecule has 25 heavy (non-hydrogen) atoms. The highest BCUT2D eigenvalue weighted by Crippen LogP contribution is 2.32. The zero-order valence-electron chi connectivity index (χ0n) is 14.4. The highest BCUT2D eigenvalue weighted by atomic mass is 35.5. The van der Waals surface area contributed by atoms with E-state index in [0.29, 0.717) is 10.7 Å². The quantitative estimate of drug-likeness (QED) is 0.704. The lowest BCUT2D eigenvalue weighted by atomic mass is 10.1. The molecular weight excluding hydrogens is 353 g/mol. The van der Waals surface area contributed by atoms with E-state index in [1.165, 1.54) is 0 Å². The average molecular weight is 373 g/mol. The molecule has 1 atom stereocenters. The minimum Gasteiger partial charge on any atom is -0.352 e. The van der Waals surface area contributed by atoms with Gasteiger partial charge in [-0.25, -0.2) is 4.98 Å². The number of nitrogens with one attached hydrogen (secondary N) is 2. The monoisotopic (exact) mass is 372 g/mol. The highest BCUT2D eigenvalue weighted by molar-refractivity contribution is 6.30. The number of alkyl halides is 3. The molecule has 0 unspecified atom stereocenters. The van der Waals surface area contributed by atoms with Crippen LogP contribution in [-0.4, -0.2) is 16.0 Å². The number of rotatable bonds is 5. The molecule has 2 N–H and O–H groups in total. The Kier molecular flexibility index (Phi) is 5.77. The molecule has 0 spiro atoms. The molecule has 0 aliphatic carbocycles. The Balaban J connectivity index is 2.44. The van der Waals surface area contributed by atoms with Crippen LogP contribution in [0.4, 0.5) is 30.6 Å². The van der Waals surface area contributed by atoms with E-state index >= 15 is 0 Å². The summed E-state index contributed by atoms with van der Waals surface area (Å²) in [6.45, 7) is 7.42. The van der Waals surface area contributed by atoms with E-state index in [1.807, 2.05) is 27.7 Å². The highest BCUT2D eigenvalue weighted by Gasteiger charge is 2.34. The van der Waals surface area contributed by atoms with E-state index in [9.17, 15) is 13.2 Å². The van der Waals surface area contributed by atoms with Crippen LogP contribution in [0, 0.1) is 13.8 Å².